The highest BCUT2D eigenvalue weighted by Gasteiger charge is 2.05. The quantitative estimate of drug-likeness (QED) is 0.784. The first kappa shape index (κ1) is 12.3. The van der Waals surface area contributed by atoms with Gasteiger partial charge in [-0.2, -0.15) is 0 Å². The van der Waals surface area contributed by atoms with Crippen molar-refractivity contribution in [2.75, 3.05) is 0 Å². The molecule has 1 aromatic rings. The third-order valence-corrected chi connectivity index (χ3v) is 2.70. The number of hydrogen-bond donors (Lipinski definition) is 1. The molecule has 1 aromatic carbocycles. The van der Waals surface area contributed by atoms with Gasteiger partial charge in [0.2, 0.25) is 0 Å². The zero-order chi connectivity index (χ0) is 11.3. The van der Waals surface area contributed by atoms with Crippen LogP contribution in [0.4, 0.5) is 0 Å². The number of hydrogen-bond acceptors (Lipinski definition) is 1. The molecular weight excluding hydrogens is 182 g/mol. The first-order valence-corrected chi connectivity index (χ1v) is 5.89. The molecule has 1 nitrogen and oxygen atoms in total. The Morgan fingerprint density at radius 1 is 1.20 bits per heavy atom. The standard InChI is InChI=1S/C14H23N/c1-11(2)7-8-14(15)10-13-6-4-5-12(3)9-13/h4-6,9,11,14H,7-8,10,15H2,1-3H3. The molecule has 84 valence electrons. The van der Waals surface area contributed by atoms with E-state index in [9.17, 15) is 0 Å². The van der Waals surface area contributed by atoms with Crippen molar-refractivity contribution in [2.24, 2.45) is 11.7 Å². The van der Waals surface area contributed by atoms with Crippen LogP contribution in [0.5, 0.6) is 0 Å². The summed E-state index contributed by atoms with van der Waals surface area (Å²) in [5.74, 6) is 0.758. The fraction of sp³-hybridized carbons (Fsp3) is 0.571. The van der Waals surface area contributed by atoms with Gasteiger partial charge in [0, 0.05) is 6.04 Å². The second-order valence-electron chi connectivity index (χ2n) is 4.92. The van der Waals surface area contributed by atoms with Crippen molar-refractivity contribution in [3.05, 3.63) is 35.4 Å². The highest BCUT2D eigenvalue weighted by Crippen LogP contribution is 2.11. The van der Waals surface area contributed by atoms with Gasteiger partial charge in [-0.15, -0.1) is 0 Å². The van der Waals surface area contributed by atoms with Crippen LogP contribution < -0.4 is 5.73 Å². The fourth-order valence-corrected chi connectivity index (χ4v) is 1.79. The van der Waals surface area contributed by atoms with E-state index in [2.05, 4.69) is 45.0 Å². The number of rotatable bonds is 5. The van der Waals surface area contributed by atoms with E-state index in [1.54, 1.807) is 0 Å². The highest BCUT2D eigenvalue weighted by atomic mass is 14.6. The lowest BCUT2D eigenvalue weighted by atomic mass is 9.98. The molecule has 1 atom stereocenters. The minimum atomic E-state index is 0.314. The Morgan fingerprint density at radius 3 is 2.53 bits per heavy atom. The van der Waals surface area contributed by atoms with Crippen molar-refractivity contribution < 1.29 is 0 Å². The summed E-state index contributed by atoms with van der Waals surface area (Å²) < 4.78 is 0. The molecule has 1 unspecified atom stereocenters. The Kier molecular flexibility index (Phi) is 4.83. The first-order chi connectivity index (χ1) is 7.08. The zero-order valence-electron chi connectivity index (χ0n) is 10.2. The van der Waals surface area contributed by atoms with Gasteiger partial charge in [0.25, 0.3) is 0 Å². The minimum Gasteiger partial charge on any atom is -0.327 e. The predicted molar refractivity (Wildman–Crippen MR) is 66.9 cm³/mol. The summed E-state index contributed by atoms with van der Waals surface area (Å²) in [4.78, 5) is 0. The van der Waals surface area contributed by atoms with Crippen LogP contribution in [0.25, 0.3) is 0 Å². The van der Waals surface area contributed by atoms with Gasteiger partial charge in [-0.05, 0) is 37.7 Å². The van der Waals surface area contributed by atoms with E-state index in [-0.39, 0.29) is 0 Å². The van der Waals surface area contributed by atoms with Gasteiger partial charge in [0.1, 0.15) is 0 Å². The molecule has 0 radical (unpaired) electrons. The van der Waals surface area contributed by atoms with Crippen LogP contribution in [-0.2, 0) is 6.42 Å². The Hall–Kier alpha value is -0.820. The van der Waals surface area contributed by atoms with Gasteiger partial charge in [0.05, 0.1) is 0 Å². The van der Waals surface area contributed by atoms with Crippen LogP contribution in [0.1, 0.15) is 37.8 Å². The van der Waals surface area contributed by atoms with Crippen molar-refractivity contribution in [1.29, 1.82) is 0 Å². The Balaban J connectivity index is 2.40. The second kappa shape index (κ2) is 5.92. The van der Waals surface area contributed by atoms with Crippen molar-refractivity contribution in [3.63, 3.8) is 0 Å². The molecule has 2 N–H and O–H groups in total. The summed E-state index contributed by atoms with van der Waals surface area (Å²) in [5.41, 5.74) is 8.79. The molecular formula is C14H23N. The van der Waals surface area contributed by atoms with E-state index in [1.165, 1.54) is 17.5 Å². The van der Waals surface area contributed by atoms with Crippen LogP contribution in [0.2, 0.25) is 0 Å². The monoisotopic (exact) mass is 205 g/mol. The third-order valence-electron chi connectivity index (χ3n) is 2.70. The molecule has 1 rings (SSSR count). The first-order valence-electron chi connectivity index (χ1n) is 5.89. The van der Waals surface area contributed by atoms with Crippen LogP contribution in [0.15, 0.2) is 24.3 Å². The topological polar surface area (TPSA) is 26.0 Å². The van der Waals surface area contributed by atoms with Crippen molar-refractivity contribution in [1.82, 2.24) is 0 Å². The second-order valence-corrected chi connectivity index (χ2v) is 4.92. The van der Waals surface area contributed by atoms with E-state index < -0.39 is 0 Å². The Labute approximate surface area is 93.7 Å². The van der Waals surface area contributed by atoms with Gasteiger partial charge in [-0.25, -0.2) is 0 Å². The molecule has 0 aromatic heterocycles. The lowest BCUT2D eigenvalue weighted by Crippen LogP contribution is -2.23. The summed E-state index contributed by atoms with van der Waals surface area (Å²) in [6, 6.07) is 8.95. The van der Waals surface area contributed by atoms with Crippen LogP contribution >= 0.6 is 0 Å². The van der Waals surface area contributed by atoms with Gasteiger partial charge < -0.3 is 5.73 Å². The maximum Gasteiger partial charge on any atom is 0.00794 e. The SMILES string of the molecule is Cc1cccc(CC(N)CCC(C)C)c1. The van der Waals surface area contributed by atoms with Crippen molar-refractivity contribution in [2.45, 2.75) is 46.1 Å². The lowest BCUT2D eigenvalue weighted by molar-refractivity contribution is 0.495. The number of nitrogens with two attached hydrogens (primary N) is 1. The Bertz CT molecular complexity index is 291. The molecule has 1 heteroatoms. The number of benzene rings is 1. The Morgan fingerprint density at radius 2 is 1.93 bits per heavy atom. The molecule has 0 saturated heterocycles. The number of aryl methyl sites for hydroxylation is 1. The van der Waals surface area contributed by atoms with Crippen molar-refractivity contribution in [3.8, 4) is 0 Å². The average molecular weight is 205 g/mol. The van der Waals surface area contributed by atoms with Crippen LogP contribution in [-0.4, -0.2) is 6.04 Å². The largest absolute Gasteiger partial charge is 0.327 e. The van der Waals surface area contributed by atoms with Crippen LogP contribution in [0.3, 0.4) is 0 Å². The maximum absolute atomic E-state index is 6.10. The van der Waals surface area contributed by atoms with Gasteiger partial charge in [-0.3, -0.25) is 0 Å². The molecule has 0 amide bonds. The molecule has 0 fully saturated rings. The summed E-state index contributed by atoms with van der Waals surface area (Å²) >= 11 is 0. The lowest BCUT2D eigenvalue weighted by Gasteiger charge is -2.13. The molecule has 0 heterocycles. The van der Waals surface area contributed by atoms with E-state index in [1.807, 2.05) is 0 Å². The van der Waals surface area contributed by atoms with E-state index in [0.29, 0.717) is 6.04 Å². The molecule has 0 aliphatic heterocycles. The van der Waals surface area contributed by atoms with Gasteiger partial charge >= 0.3 is 0 Å². The predicted octanol–water partition coefficient (Wildman–Crippen LogP) is 3.30. The summed E-state index contributed by atoms with van der Waals surface area (Å²) in [7, 11) is 0. The van der Waals surface area contributed by atoms with E-state index >= 15 is 0 Å². The van der Waals surface area contributed by atoms with Crippen LogP contribution in [0, 0.1) is 12.8 Å². The molecule has 0 aliphatic carbocycles. The summed E-state index contributed by atoms with van der Waals surface area (Å²) in [5, 5.41) is 0. The van der Waals surface area contributed by atoms with Crippen molar-refractivity contribution >= 4 is 0 Å². The molecule has 0 aliphatic rings. The van der Waals surface area contributed by atoms with Gasteiger partial charge in [-0.1, -0.05) is 43.7 Å². The molecule has 0 bridgehead atoms. The van der Waals surface area contributed by atoms with Gasteiger partial charge in [0.15, 0.2) is 0 Å². The fourth-order valence-electron chi connectivity index (χ4n) is 1.79. The molecule has 0 saturated carbocycles. The zero-order valence-corrected chi connectivity index (χ0v) is 10.2. The molecule has 0 spiro atoms. The third kappa shape index (κ3) is 4.98. The normalized spacial score (nSPS) is 13.1. The highest BCUT2D eigenvalue weighted by molar-refractivity contribution is 5.22. The van der Waals surface area contributed by atoms with E-state index in [0.717, 1.165) is 18.8 Å². The summed E-state index contributed by atoms with van der Waals surface area (Å²) in [6.07, 6.45) is 3.37. The smallest absolute Gasteiger partial charge is 0.00794 e. The molecule has 15 heavy (non-hydrogen) atoms. The summed E-state index contributed by atoms with van der Waals surface area (Å²) in [6.45, 7) is 6.63. The minimum absolute atomic E-state index is 0.314. The average Bonchev–Trinajstić information content (AvgIpc) is 2.15. The maximum atomic E-state index is 6.10. The van der Waals surface area contributed by atoms with E-state index in [4.69, 9.17) is 5.73 Å².